The molecule has 2 rings (SSSR count). The molecule has 0 fully saturated rings. The standard InChI is InChI=1S/C17H19O2/c18-12-14-19-13-11-17(15-7-3-1-4-8-15)16-9-5-2-6-10-16/h1-10,17H,11-14H2. The number of hydrogen-bond donors (Lipinski definition) is 0. The molecule has 2 heteroatoms. The molecule has 0 spiro atoms. The summed E-state index contributed by atoms with van der Waals surface area (Å²) in [4.78, 5) is 0. The minimum Gasteiger partial charge on any atom is -0.379 e. The summed E-state index contributed by atoms with van der Waals surface area (Å²) in [5, 5.41) is 10.4. The van der Waals surface area contributed by atoms with Crippen LogP contribution in [0.25, 0.3) is 0 Å². The largest absolute Gasteiger partial charge is 0.379 e. The molecule has 0 aliphatic heterocycles. The third-order valence-corrected chi connectivity index (χ3v) is 3.18. The predicted molar refractivity (Wildman–Crippen MR) is 75.7 cm³/mol. The third kappa shape index (κ3) is 4.19. The van der Waals surface area contributed by atoms with Gasteiger partial charge in [0.25, 0.3) is 0 Å². The van der Waals surface area contributed by atoms with Crippen molar-refractivity contribution in [1.82, 2.24) is 0 Å². The molecule has 99 valence electrons. The smallest absolute Gasteiger partial charge is 0.106 e. The van der Waals surface area contributed by atoms with Crippen molar-refractivity contribution in [1.29, 1.82) is 0 Å². The average Bonchev–Trinajstić information content (AvgIpc) is 2.49. The molecule has 0 N–H and O–H groups in total. The zero-order valence-electron chi connectivity index (χ0n) is 11.0. The van der Waals surface area contributed by atoms with Gasteiger partial charge in [-0.1, -0.05) is 60.7 Å². The van der Waals surface area contributed by atoms with Gasteiger partial charge in [0.05, 0.1) is 6.61 Å². The van der Waals surface area contributed by atoms with Crippen LogP contribution in [0.4, 0.5) is 0 Å². The van der Waals surface area contributed by atoms with E-state index in [1.807, 2.05) is 12.1 Å². The second kappa shape index (κ2) is 7.72. The molecule has 0 saturated carbocycles. The molecule has 0 unspecified atom stereocenters. The minimum atomic E-state index is -0.165. The molecule has 0 aliphatic rings. The van der Waals surface area contributed by atoms with Crippen LogP contribution in [0.3, 0.4) is 0 Å². The Morgan fingerprint density at radius 1 is 0.789 bits per heavy atom. The van der Waals surface area contributed by atoms with Gasteiger partial charge in [0.2, 0.25) is 0 Å². The second-order valence-electron chi connectivity index (χ2n) is 4.48. The van der Waals surface area contributed by atoms with Crippen molar-refractivity contribution in [3.63, 3.8) is 0 Å². The Hall–Kier alpha value is -1.64. The highest BCUT2D eigenvalue weighted by atomic mass is 16.5. The number of benzene rings is 2. The van der Waals surface area contributed by atoms with E-state index in [9.17, 15) is 5.11 Å². The Morgan fingerprint density at radius 2 is 1.32 bits per heavy atom. The summed E-state index contributed by atoms with van der Waals surface area (Å²) < 4.78 is 5.34. The minimum absolute atomic E-state index is 0.165. The number of rotatable bonds is 7. The van der Waals surface area contributed by atoms with Crippen molar-refractivity contribution < 1.29 is 9.84 Å². The predicted octanol–water partition coefficient (Wildman–Crippen LogP) is 3.66. The zero-order chi connectivity index (χ0) is 13.3. The molecule has 0 aliphatic carbocycles. The van der Waals surface area contributed by atoms with E-state index in [4.69, 9.17) is 4.74 Å². The maximum Gasteiger partial charge on any atom is 0.106 e. The first-order valence-electron chi connectivity index (χ1n) is 6.67. The molecule has 2 nitrogen and oxygen atoms in total. The lowest BCUT2D eigenvalue weighted by Gasteiger charge is -2.18. The van der Waals surface area contributed by atoms with Crippen LogP contribution in [-0.2, 0) is 9.84 Å². The normalized spacial score (nSPS) is 10.8. The monoisotopic (exact) mass is 255 g/mol. The van der Waals surface area contributed by atoms with Gasteiger partial charge in [0, 0.05) is 12.5 Å². The van der Waals surface area contributed by atoms with Crippen molar-refractivity contribution in [2.24, 2.45) is 0 Å². The van der Waals surface area contributed by atoms with Crippen molar-refractivity contribution in [3.05, 3.63) is 71.8 Å². The summed E-state index contributed by atoms with van der Waals surface area (Å²) in [6.07, 6.45) is 0.897. The zero-order valence-corrected chi connectivity index (χ0v) is 11.0. The van der Waals surface area contributed by atoms with E-state index in [0.29, 0.717) is 19.1 Å². The fourth-order valence-electron chi connectivity index (χ4n) is 2.26. The Bertz CT molecular complexity index is 414. The van der Waals surface area contributed by atoms with Crippen molar-refractivity contribution in [2.45, 2.75) is 12.3 Å². The summed E-state index contributed by atoms with van der Waals surface area (Å²) in [5.41, 5.74) is 2.58. The maximum atomic E-state index is 10.4. The topological polar surface area (TPSA) is 29.1 Å². The first kappa shape index (κ1) is 13.8. The number of hydrogen-bond acceptors (Lipinski definition) is 1. The van der Waals surface area contributed by atoms with E-state index in [1.54, 1.807) is 0 Å². The molecule has 0 atom stereocenters. The van der Waals surface area contributed by atoms with Crippen LogP contribution in [-0.4, -0.2) is 19.8 Å². The van der Waals surface area contributed by atoms with Crippen LogP contribution in [0, 0.1) is 0 Å². The van der Waals surface area contributed by atoms with Gasteiger partial charge < -0.3 is 4.74 Å². The first-order chi connectivity index (χ1) is 9.42. The Kier molecular flexibility index (Phi) is 5.60. The van der Waals surface area contributed by atoms with Crippen LogP contribution >= 0.6 is 0 Å². The van der Waals surface area contributed by atoms with Crippen molar-refractivity contribution in [2.75, 3.05) is 19.8 Å². The Labute approximate surface area is 114 Å². The lowest BCUT2D eigenvalue weighted by Crippen LogP contribution is -2.07. The van der Waals surface area contributed by atoms with Crippen molar-refractivity contribution in [3.8, 4) is 0 Å². The van der Waals surface area contributed by atoms with E-state index in [-0.39, 0.29) is 6.61 Å². The number of ether oxygens (including phenoxy) is 1. The van der Waals surface area contributed by atoms with Gasteiger partial charge in [-0.15, -0.1) is 0 Å². The SMILES string of the molecule is [O]CCOCCC(c1ccccc1)c1ccccc1. The maximum absolute atomic E-state index is 10.4. The summed E-state index contributed by atoms with van der Waals surface area (Å²) in [5.74, 6) is 0.328. The highest BCUT2D eigenvalue weighted by molar-refractivity contribution is 5.32. The van der Waals surface area contributed by atoms with E-state index in [2.05, 4.69) is 48.5 Å². The highest BCUT2D eigenvalue weighted by Gasteiger charge is 2.13. The first-order valence-corrected chi connectivity index (χ1v) is 6.67. The summed E-state index contributed by atoms with van der Waals surface area (Å²) >= 11 is 0. The van der Waals surface area contributed by atoms with Crippen molar-refractivity contribution >= 4 is 0 Å². The fraction of sp³-hybridized carbons (Fsp3) is 0.294. The molecule has 1 radical (unpaired) electrons. The lowest BCUT2D eigenvalue weighted by molar-refractivity contribution is 0.0614. The molecule has 0 bridgehead atoms. The third-order valence-electron chi connectivity index (χ3n) is 3.18. The van der Waals surface area contributed by atoms with Crippen LogP contribution < -0.4 is 0 Å². The van der Waals surface area contributed by atoms with Crippen LogP contribution in [0.2, 0.25) is 0 Å². The summed E-state index contributed by atoms with van der Waals surface area (Å²) in [7, 11) is 0. The molecule has 0 heterocycles. The van der Waals surface area contributed by atoms with Crippen LogP contribution in [0.1, 0.15) is 23.5 Å². The van der Waals surface area contributed by atoms with E-state index in [0.717, 1.165) is 6.42 Å². The summed E-state index contributed by atoms with van der Waals surface area (Å²) in [6.45, 7) is 0.758. The molecule has 2 aromatic rings. The summed E-state index contributed by atoms with van der Waals surface area (Å²) in [6, 6.07) is 20.9. The van der Waals surface area contributed by atoms with Crippen LogP contribution in [0.5, 0.6) is 0 Å². The Morgan fingerprint density at radius 3 is 1.79 bits per heavy atom. The molecular formula is C17H19O2. The van der Waals surface area contributed by atoms with E-state index in [1.165, 1.54) is 11.1 Å². The molecule has 0 amide bonds. The van der Waals surface area contributed by atoms with Crippen LogP contribution in [0.15, 0.2) is 60.7 Å². The van der Waals surface area contributed by atoms with Gasteiger partial charge in [-0.25, -0.2) is 5.11 Å². The lowest BCUT2D eigenvalue weighted by atomic mass is 9.89. The van der Waals surface area contributed by atoms with E-state index >= 15 is 0 Å². The van der Waals surface area contributed by atoms with Gasteiger partial charge in [-0.2, -0.15) is 0 Å². The quantitative estimate of drug-likeness (QED) is 0.694. The Balaban J connectivity index is 2.10. The average molecular weight is 255 g/mol. The second-order valence-corrected chi connectivity index (χ2v) is 4.48. The van der Waals surface area contributed by atoms with Gasteiger partial charge in [0.1, 0.15) is 6.61 Å². The molecule has 19 heavy (non-hydrogen) atoms. The van der Waals surface area contributed by atoms with Gasteiger partial charge in [-0.05, 0) is 17.5 Å². The van der Waals surface area contributed by atoms with Gasteiger partial charge >= 0.3 is 0 Å². The fourth-order valence-corrected chi connectivity index (χ4v) is 2.26. The molecule has 2 aromatic carbocycles. The van der Waals surface area contributed by atoms with E-state index < -0.39 is 0 Å². The highest BCUT2D eigenvalue weighted by Crippen LogP contribution is 2.27. The van der Waals surface area contributed by atoms with Gasteiger partial charge in [0.15, 0.2) is 0 Å². The molecular weight excluding hydrogens is 236 g/mol. The molecule has 0 aromatic heterocycles. The molecule has 0 saturated heterocycles. The van der Waals surface area contributed by atoms with Gasteiger partial charge in [-0.3, -0.25) is 0 Å².